The number of carbonyl (C=O) groups is 2. The fourth-order valence-electron chi connectivity index (χ4n) is 5.45. The van der Waals surface area contributed by atoms with Crippen LogP contribution < -0.4 is 15.5 Å². The van der Waals surface area contributed by atoms with Crippen LogP contribution in [0.4, 0.5) is 4.39 Å². The van der Waals surface area contributed by atoms with Crippen LogP contribution in [-0.4, -0.2) is 52.0 Å². The average Bonchev–Trinajstić information content (AvgIpc) is 3.14. The van der Waals surface area contributed by atoms with Crippen LogP contribution >= 0.6 is 0 Å². The molecule has 1 unspecified atom stereocenters. The summed E-state index contributed by atoms with van der Waals surface area (Å²) >= 11 is 0. The summed E-state index contributed by atoms with van der Waals surface area (Å²) in [4.78, 5) is 45.2. The number of nitrogens with zero attached hydrogens (tertiary/aromatic N) is 3. The largest absolute Gasteiger partial charge is 0.483 e. The molecule has 0 radical (unpaired) electrons. The Morgan fingerprint density at radius 2 is 1.75 bits per heavy atom. The zero-order chi connectivity index (χ0) is 28.2. The molecular weight excluding hydrogens is 511 g/mol. The summed E-state index contributed by atoms with van der Waals surface area (Å²) in [6.07, 6.45) is 3.17. The molecule has 2 aromatic carbocycles. The lowest BCUT2D eigenvalue weighted by Gasteiger charge is -2.42. The van der Waals surface area contributed by atoms with E-state index < -0.39 is 11.3 Å². The molecule has 0 spiro atoms. The molecule has 0 aliphatic carbocycles. The number of halogens is 1. The maximum absolute atomic E-state index is 14.0. The number of aromatic nitrogens is 1. The monoisotopic (exact) mass is 546 g/mol. The first-order chi connectivity index (χ1) is 19.3. The minimum absolute atomic E-state index is 0.0832. The number of rotatable bonds is 8. The van der Waals surface area contributed by atoms with Gasteiger partial charge in [-0.3, -0.25) is 19.3 Å². The van der Waals surface area contributed by atoms with Crippen molar-refractivity contribution >= 4 is 11.8 Å². The first-order valence-corrected chi connectivity index (χ1v) is 13.8. The molecule has 1 atom stereocenters. The van der Waals surface area contributed by atoms with Crippen molar-refractivity contribution in [1.29, 1.82) is 0 Å². The highest BCUT2D eigenvalue weighted by atomic mass is 19.1. The van der Waals surface area contributed by atoms with E-state index in [0.29, 0.717) is 24.6 Å². The molecule has 210 valence electrons. The van der Waals surface area contributed by atoms with Crippen LogP contribution in [0.3, 0.4) is 0 Å². The summed E-state index contributed by atoms with van der Waals surface area (Å²) in [5.41, 5.74) is 0.991. The number of hydrogen-bond acceptors (Lipinski definition) is 5. The number of benzene rings is 2. The van der Waals surface area contributed by atoms with Crippen molar-refractivity contribution in [2.75, 3.05) is 19.6 Å². The third kappa shape index (κ3) is 5.94. The number of ether oxygens (including phenoxy) is 1. The maximum atomic E-state index is 14.0. The van der Waals surface area contributed by atoms with E-state index in [1.807, 2.05) is 35.2 Å². The molecule has 0 saturated carbocycles. The summed E-state index contributed by atoms with van der Waals surface area (Å²) in [5, 5.41) is 2.76. The second-order valence-electron chi connectivity index (χ2n) is 10.9. The third-order valence-electron chi connectivity index (χ3n) is 7.37. The van der Waals surface area contributed by atoms with E-state index in [2.05, 4.69) is 24.1 Å². The Bertz CT molecular complexity index is 1420. The van der Waals surface area contributed by atoms with Gasteiger partial charge in [0.25, 0.3) is 11.8 Å². The lowest BCUT2D eigenvalue weighted by Crippen LogP contribution is -2.57. The van der Waals surface area contributed by atoms with Gasteiger partial charge in [0, 0.05) is 32.4 Å². The van der Waals surface area contributed by atoms with E-state index in [1.54, 1.807) is 16.7 Å². The van der Waals surface area contributed by atoms with Crippen LogP contribution in [0.1, 0.15) is 58.7 Å². The molecular formula is C31H35FN4O4. The Hall–Kier alpha value is -3.98. The number of carbonyl (C=O) groups excluding carboxylic acids is 2. The lowest BCUT2D eigenvalue weighted by atomic mass is 10.1. The molecule has 3 aromatic rings. The minimum Gasteiger partial charge on any atom is -0.483 e. The van der Waals surface area contributed by atoms with Crippen molar-refractivity contribution in [1.82, 2.24) is 19.7 Å². The number of fused-ring (bicyclic) bond motifs is 2. The van der Waals surface area contributed by atoms with Crippen molar-refractivity contribution in [3.63, 3.8) is 0 Å². The molecule has 0 bridgehead atoms. The molecule has 2 aliphatic rings. The van der Waals surface area contributed by atoms with E-state index in [0.717, 1.165) is 31.5 Å². The van der Waals surface area contributed by atoms with Crippen molar-refractivity contribution in [2.24, 2.45) is 5.92 Å². The zero-order valence-electron chi connectivity index (χ0n) is 22.9. The molecule has 1 aromatic heterocycles. The SMILES string of the molecule is CC(C)CN1CCCCN2C(=O)c3c(OCc4ccccc4)c(=O)c(C(=O)NCc4ccc(F)cc4)cn3CC12. The summed E-state index contributed by atoms with van der Waals surface area (Å²) in [7, 11) is 0. The van der Waals surface area contributed by atoms with Gasteiger partial charge in [0.2, 0.25) is 5.43 Å². The van der Waals surface area contributed by atoms with E-state index in [9.17, 15) is 18.8 Å². The van der Waals surface area contributed by atoms with Crippen molar-refractivity contribution in [2.45, 2.75) is 52.6 Å². The molecule has 3 heterocycles. The number of nitrogens with one attached hydrogen (secondary N) is 1. The van der Waals surface area contributed by atoms with Crippen LogP contribution in [-0.2, 0) is 19.7 Å². The van der Waals surface area contributed by atoms with E-state index in [-0.39, 0.29) is 48.0 Å². The van der Waals surface area contributed by atoms with Gasteiger partial charge >= 0.3 is 0 Å². The maximum Gasteiger partial charge on any atom is 0.275 e. The van der Waals surface area contributed by atoms with Crippen molar-refractivity contribution in [3.8, 4) is 5.75 Å². The zero-order valence-corrected chi connectivity index (χ0v) is 22.9. The molecule has 9 heteroatoms. The normalized spacial score (nSPS) is 17.2. The van der Waals surface area contributed by atoms with Crippen LogP contribution in [0.15, 0.2) is 65.6 Å². The molecule has 1 saturated heterocycles. The summed E-state index contributed by atoms with van der Waals surface area (Å²) in [6.45, 7) is 7.26. The van der Waals surface area contributed by atoms with E-state index in [1.165, 1.54) is 18.3 Å². The van der Waals surface area contributed by atoms with Crippen molar-refractivity contribution in [3.05, 3.63) is 99.2 Å². The third-order valence-corrected chi connectivity index (χ3v) is 7.37. The second kappa shape index (κ2) is 12.0. The Morgan fingerprint density at radius 3 is 2.48 bits per heavy atom. The molecule has 5 rings (SSSR count). The Labute approximate surface area is 233 Å². The second-order valence-corrected chi connectivity index (χ2v) is 10.9. The van der Waals surface area contributed by atoms with Crippen LogP contribution in [0.2, 0.25) is 0 Å². The topological polar surface area (TPSA) is 83.9 Å². The number of pyridine rings is 1. The highest BCUT2D eigenvalue weighted by Gasteiger charge is 2.40. The van der Waals surface area contributed by atoms with Gasteiger partial charge in [0.1, 0.15) is 24.2 Å². The van der Waals surface area contributed by atoms with E-state index in [4.69, 9.17) is 4.74 Å². The van der Waals surface area contributed by atoms with Gasteiger partial charge in [0.15, 0.2) is 11.4 Å². The highest BCUT2D eigenvalue weighted by molar-refractivity contribution is 5.99. The van der Waals surface area contributed by atoms with Gasteiger partial charge in [-0.1, -0.05) is 56.3 Å². The predicted octanol–water partition coefficient (Wildman–Crippen LogP) is 4.03. The molecule has 2 aliphatic heterocycles. The standard InChI is InChI=1S/C31H35FN4O4/c1-21(2)17-34-14-6-7-15-36-26(34)19-35-18-25(30(38)33-16-22-10-12-24(32)13-11-22)28(37)29(27(35)31(36)39)40-20-23-8-4-3-5-9-23/h3-5,8-13,18,21,26H,6-7,14-17,19-20H2,1-2H3,(H,33,38). The molecule has 1 fully saturated rings. The van der Waals surface area contributed by atoms with Crippen molar-refractivity contribution < 1.29 is 18.7 Å². The first kappa shape index (κ1) is 27.6. The van der Waals surface area contributed by atoms with Crippen LogP contribution in [0, 0.1) is 11.7 Å². The van der Waals surface area contributed by atoms with E-state index >= 15 is 0 Å². The van der Waals surface area contributed by atoms with Gasteiger partial charge in [-0.25, -0.2) is 4.39 Å². The van der Waals surface area contributed by atoms with Crippen LogP contribution in [0.25, 0.3) is 0 Å². The Morgan fingerprint density at radius 1 is 1.02 bits per heavy atom. The fraction of sp³-hybridized carbons (Fsp3) is 0.387. The quantitative estimate of drug-likeness (QED) is 0.461. The summed E-state index contributed by atoms with van der Waals surface area (Å²) in [6, 6.07) is 15.2. The highest BCUT2D eigenvalue weighted by Crippen LogP contribution is 2.29. The molecule has 2 amide bonds. The molecule has 8 nitrogen and oxygen atoms in total. The minimum atomic E-state index is -0.626. The van der Waals surface area contributed by atoms with Gasteiger partial charge in [-0.2, -0.15) is 0 Å². The molecule has 1 N–H and O–H groups in total. The average molecular weight is 547 g/mol. The lowest BCUT2D eigenvalue weighted by molar-refractivity contribution is 0.0180. The first-order valence-electron chi connectivity index (χ1n) is 13.8. The van der Waals surface area contributed by atoms with Crippen LogP contribution in [0.5, 0.6) is 5.75 Å². The van der Waals surface area contributed by atoms with Gasteiger partial charge in [-0.05, 0) is 42.0 Å². The smallest absolute Gasteiger partial charge is 0.275 e. The van der Waals surface area contributed by atoms with Gasteiger partial charge in [0.05, 0.1) is 6.54 Å². The number of amides is 2. The van der Waals surface area contributed by atoms with Gasteiger partial charge < -0.3 is 19.5 Å². The predicted molar refractivity (Wildman–Crippen MR) is 150 cm³/mol. The fourth-order valence-corrected chi connectivity index (χ4v) is 5.45. The Balaban J connectivity index is 1.52. The molecule has 40 heavy (non-hydrogen) atoms. The van der Waals surface area contributed by atoms with Gasteiger partial charge in [-0.15, -0.1) is 0 Å². The summed E-state index contributed by atoms with van der Waals surface area (Å²) < 4.78 is 21.1. The summed E-state index contributed by atoms with van der Waals surface area (Å²) in [5.74, 6) is -0.898. The number of hydrogen-bond donors (Lipinski definition) is 1. The Kier molecular flexibility index (Phi) is 8.30.